The second kappa shape index (κ2) is 7.80. The summed E-state index contributed by atoms with van der Waals surface area (Å²) in [4.78, 5) is 20.6. The molecule has 2 aromatic carbocycles. The van der Waals surface area contributed by atoms with E-state index >= 15 is 0 Å². The van der Waals surface area contributed by atoms with Crippen LogP contribution in [0, 0.1) is 0 Å². The second-order valence-corrected chi connectivity index (χ2v) is 5.96. The summed E-state index contributed by atoms with van der Waals surface area (Å²) >= 11 is 0. The molecule has 0 fully saturated rings. The van der Waals surface area contributed by atoms with E-state index < -0.39 is 5.91 Å². The molecule has 5 N–H and O–H groups in total. The Bertz CT molecular complexity index is 1060. The van der Waals surface area contributed by atoms with Crippen LogP contribution in [-0.4, -0.2) is 29.8 Å². The summed E-state index contributed by atoms with van der Waals surface area (Å²) in [6.07, 6.45) is 1.32. The van der Waals surface area contributed by atoms with Gasteiger partial charge in [0.05, 0.1) is 12.7 Å². The van der Waals surface area contributed by atoms with Crippen molar-refractivity contribution >= 4 is 28.9 Å². The minimum absolute atomic E-state index is 0.189. The number of benzene rings is 2. The third kappa shape index (κ3) is 3.76. The molecular formula is C19H18N6O4. The van der Waals surface area contributed by atoms with E-state index in [1.54, 1.807) is 36.4 Å². The number of nitrogens with two attached hydrogens (primary N) is 1. The van der Waals surface area contributed by atoms with Gasteiger partial charge in [0.2, 0.25) is 6.79 Å². The highest BCUT2D eigenvalue weighted by Crippen LogP contribution is 2.35. The molecule has 1 amide bonds. The van der Waals surface area contributed by atoms with Gasteiger partial charge in [-0.05, 0) is 24.3 Å². The van der Waals surface area contributed by atoms with E-state index in [2.05, 4.69) is 26.1 Å². The Labute approximate surface area is 166 Å². The van der Waals surface area contributed by atoms with E-state index in [1.807, 2.05) is 6.07 Å². The Hall–Kier alpha value is -4.21. The first-order valence-electron chi connectivity index (χ1n) is 8.62. The summed E-state index contributed by atoms with van der Waals surface area (Å²) in [5.74, 6) is 1.97. The van der Waals surface area contributed by atoms with Gasteiger partial charge in [-0.2, -0.15) is 0 Å². The predicted molar refractivity (Wildman–Crippen MR) is 106 cm³/mol. The van der Waals surface area contributed by atoms with E-state index in [1.165, 1.54) is 13.4 Å². The summed E-state index contributed by atoms with van der Waals surface area (Å²) in [7, 11) is 1.50. The normalized spacial score (nSPS) is 11.6. The number of para-hydroxylation sites is 1. The van der Waals surface area contributed by atoms with Crippen LogP contribution in [0.25, 0.3) is 0 Å². The second-order valence-electron chi connectivity index (χ2n) is 5.96. The van der Waals surface area contributed by atoms with Gasteiger partial charge < -0.3 is 25.3 Å². The van der Waals surface area contributed by atoms with Gasteiger partial charge in [0.15, 0.2) is 23.1 Å². The lowest BCUT2D eigenvalue weighted by atomic mass is 10.2. The number of nitrogen functional groups attached to an aromatic ring is 1. The van der Waals surface area contributed by atoms with Gasteiger partial charge >= 0.3 is 0 Å². The molecule has 1 aliphatic heterocycles. The summed E-state index contributed by atoms with van der Waals surface area (Å²) < 4.78 is 15.8. The van der Waals surface area contributed by atoms with Crippen LogP contribution < -0.4 is 36.1 Å². The summed E-state index contributed by atoms with van der Waals surface area (Å²) in [5, 5.41) is 3.10. The molecule has 10 nitrogen and oxygen atoms in total. The van der Waals surface area contributed by atoms with Crippen molar-refractivity contribution in [1.82, 2.24) is 15.4 Å². The van der Waals surface area contributed by atoms with Crippen LogP contribution in [0.2, 0.25) is 0 Å². The fourth-order valence-corrected chi connectivity index (χ4v) is 2.72. The maximum absolute atomic E-state index is 12.4. The number of hydrogen-bond acceptors (Lipinski definition) is 9. The number of nitrogens with one attached hydrogen (secondary N) is 3. The number of hydrazine groups is 1. The highest BCUT2D eigenvalue weighted by molar-refractivity contribution is 5.97. The van der Waals surface area contributed by atoms with Gasteiger partial charge in [0, 0.05) is 11.8 Å². The number of nitrogens with zero attached hydrogens (tertiary/aromatic N) is 2. The van der Waals surface area contributed by atoms with Gasteiger partial charge in [-0.3, -0.25) is 15.6 Å². The molecule has 10 heteroatoms. The Balaban J connectivity index is 1.47. The highest BCUT2D eigenvalue weighted by atomic mass is 16.7. The molecule has 0 aliphatic carbocycles. The summed E-state index contributed by atoms with van der Waals surface area (Å²) in [5.41, 5.74) is 12.7. The fourth-order valence-electron chi connectivity index (χ4n) is 2.72. The first kappa shape index (κ1) is 18.2. The average molecular weight is 394 g/mol. The fraction of sp³-hybridized carbons (Fsp3) is 0.105. The number of carbonyl (C=O) groups is 1. The average Bonchev–Trinajstić information content (AvgIpc) is 3.22. The first-order valence-corrected chi connectivity index (χ1v) is 8.62. The van der Waals surface area contributed by atoms with Crippen molar-refractivity contribution < 1.29 is 19.0 Å². The molecule has 0 saturated carbocycles. The molecule has 2 heterocycles. The van der Waals surface area contributed by atoms with E-state index in [0.717, 1.165) is 0 Å². The Morgan fingerprint density at radius 3 is 2.76 bits per heavy atom. The molecule has 0 unspecified atom stereocenters. The zero-order chi connectivity index (χ0) is 20.2. The third-order valence-electron chi connectivity index (χ3n) is 4.17. The number of aromatic nitrogens is 2. The van der Waals surface area contributed by atoms with Gasteiger partial charge in [-0.25, -0.2) is 9.97 Å². The molecular weight excluding hydrogens is 376 g/mol. The van der Waals surface area contributed by atoms with Crippen LogP contribution in [0.5, 0.6) is 17.2 Å². The Morgan fingerprint density at radius 2 is 1.90 bits per heavy atom. The van der Waals surface area contributed by atoms with E-state index in [9.17, 15) is 4.79 Å². The van der Waals surface area contributed by atoms with Gasteiger partial charge in [0.1, 0.15) is 17.8 Å². The lowest BCUT2D eigenvalue weighted by Crippen LogP contribution is -2.30. The molecule has 0 spiro atoms. The minimum Gasteiger partial charge on any atom is -0.496 e. The van der Waals surface area contributed by atoms with Crippen LogP contribution in [0.15, 0.2) is 48.8 Å². The van der Waals surface area contributed by atoms with Crippen molar-refractivity contribution in [2.75, 3.05) is 30.4 Å². The van der Waals surface area contributed by atoms with Crippen molar-refractivity contribution in [1.29, 1.82) is 0 Å². The number of amides is 1. The molecule has 4 rings (SSSR count). The Kier molecular flexibility index (Phi) is 4.89. The predicted octanol–water partition coefficient (Wildman–Crippen LogP) is 2.30. The molecule has 1 aliphatic rings. The molecule has 0 radical (unpaired) electrons. The van der Waals surface area contributed by atoms with Gasteiger partial charge in [-0.1, -0.05) is 12.1 Å². The zero-order valence-corrected chi connectivity index (χ0v) is 15.4. The summed E-state index contributed by atoms with van der Waals surface area (Å²) in [6, 6.07) is 12.2. The quantitative estimate of drug-likeness (QED) is 0.465. The maximum atomic E-state index is 12.4. The van der Waals surface area contributed by atoms with Gasteiger partial charge in [0.25, 0.3) is 5.91 Å². The van der Waals surface area contributed by atoms with Crippen LogP contribution in [0.1, 0.15) is 10.4 Å². The lowest BCUT2D eigenvalue weighted by Gasteiger charge is -2.14. The van der Waals surface area contributed by atoms with Crippen molar-refractivity contribution in [3.63, 3.8) is 0 Å². The number of rotatable bonds is 6. The monoisotopic (exact) mass is 394 g/mol. The topological polar surface area (TPSA) is 133 Å². The molecule has 0 saturated heterocycles. The molecule has 1 aromatic heterocycles. The van der Waals surface area contributed by atoms with Crippen LogP contribution >= 0.6 is 0 Å². The SMILES string of the molecule is COc1ccccc1C(=O)NNc1ncnc(Nc2ccc3c(c2)OCO3)c1N. The largest absolute Gasteiger partial charge is 0.496 e. The summed E-state index contributed by atoms with van der Waals surface area (Å²) in [6.45, 7) is 0.189. The van der Waals surface area contributed by atoms with E-state index in [0.29, 0.717) is 34.3 Å². The van der Waals surface area contributed by atoms with Gasteiger partial charge in [-0.15, -0.1) is 0 Å². The number of fused-ring (bicyclic) bond motifs is 1. The lowest BCUT2D eigenvalue weighted by molar-refractivity contribution is 0.0959. The third-order valence-corrected chi connectivity index (χ3v) is 4.17. The molecule has 0 bridgehead atoms. The number of anilines is 4. The van der Waals surface area contributed by atoms with Crippen molar-refractivity contribution in [3.05, 3.63) is 54.4 Å². The maximum Gasteiger partial charge on any atom is 0.273 e. The highest BCUT2D eigenvalue weighted by Gasteiger charge is 2.16. The minimum atomic E-state index is -0.397. The number of hydrogen-bond donors (Lipinski definition) is 4. The van der Waals surface area contributed by atoms with Crippen molar-refractivity contribution in [3.8, 4) is 17.2 Å². The first-order chi connectivity index (χ1) is 14.2. The molecule has 0 atom stereocenters. The smallest absolute Gasteiger partial charge is 0.273 e. The molecule has 3 aromatic rings. The Morgan fingerprint density at radius 1 is 1.10 bits per heavy atom. The van der Waals surface area contributed by atoms with E-state index in [4.69, 9.17) is 19.9 Å². The van der Waals surface area contributed by atoms with Crippen molar-refractivity contribution in [2.45, 2.75) is 0 Å². The molecule has 148 valence electrons. The van der Waals surface area contributed by atoms with E-state index in [-0.39, 0.29) is 18.3 Å². The zero-order valence-electron chi connectivity index (χ0n) is 15.4. The number of methoxy groups -OCH3 is 1. The van der Waals surface area contributed by atoms with Crippen LogP contribution in [0.4, 0.5) is 23.0 Å². The molecule has 29 heavy (non-hydrogen) atoms. The number of ether oxygens (including phenoxy) is 3. The van der Waals surface area contributed by atoms with Crippen LogP contribution in [0.3, 0.4) is 0 Å². The number of carbonyl (C=O) groups excluding carboxylic acids is 1. The van der Waals surface area contributed by atoms with Crippen molar-refractivity contribution in [2.24, 2.45) is 0 Å². The standard InChI is InChI=1S/C19H18N6O4/c1-27-13-5-3-2-4-12(13)19(26)25-24-18-16(20)17(21-9-22-18)23-11-6-7-14-15(8-11)29-10-28-14/h2-9H,10,20H2,1H3,(H,25,26)(H2,21,22,23,24). The van der Waals surface area contributed by atoms with Crippen LogP contribution in [-0.2, 0) is 0 Å².